The molecule has 1 saturated heterocycles. The molecule has 160 valence electrons. The number of carbonyl (C=O) groups is 1. The summed E-state index contributed by atoms with van der Waals surface area (Å²) in [6.07, 6.45) is 5.12. The largest absolute Gasteiger partial charge is 0.493 e. The van der Waals surface area contributed by atoms with Gasteiger partial charge in [0.25, 0.3) is 0 Å². The number of hydrogen-bond acceptors (Lipinski definition) is 7. The standard InChI is InChI=1S/C23H23N3O4S/c1-28-20-14-16(9-11-18(20)30-15-17-6-3-2-4-7-17)10-12-21(27)24-23-26-25-22(31-23)19-8-5-13-29-19/h2-4,6-7,9-12,14,19H,5,8,13,15H2,1H3,(H,24,26,27)/b12-10+/t19-/m0/s1. The molecule has 1 aliphatic heterocycles. The molecule has 1 atom stereocenters. The van der Waals surface area contributed by atoms with E-state index in [1.807, 2.05) is 48.5 Å². The molecule has 0 unspecified atom stereocenters. The molecular weight excluding hydrogens is 414 g/mol. The molecule has 0 spiro atoms. The molecule has 0 saturated carbocycles. The number of hydrogen-bond donors (Lipinski definition) is 1. The lowest BCUT2D eigenvalue weighted by atomic mass is 10.2. The molecule has 7 nitrogen and oxygen atoms in total. The van der Waals surface area contributed by atoms with E-state index in [9.17, 15) is 4.79 Å². The highest BCUT2D eigenvalue weighted by Crippen LogP contribution is 2.32. The predicted octanol–water partition coefficient (Wildman–Crippen LogP) is 4.63. The molecule has 0 radical (unpaired) electrons. The van der Waals surface area contributed by atoms with Gasteiger partial charge in [0, 0.05) is 12.7 Å². The number of methoxy groups -OCH3 is 1. The van der Waals surface area contributed by atoms with Crippen molar-refractivity contribution >= 4 is 28.5 Å². The Labute approximate surface area is 184 Å². The Hall–Kier alpha value is -3.23. The van der Waals surface area contributed by atoms with Gasteiger partial charge in [-0.15, -0.1) is 10.2 Å². The number of nitrogens with zero attached hydrogens (tertiary/aromatic N) is 2. The molecule has 0 aliphatic carbocycles. The normalized spacial score (nSPS) is 15.8. The lowest BCUT2D eigenvalue weighted by molar-refractivity contribution is -0.111. The van der Waals surface area contributed by atoms with E-state index < -0.39 is 0 Å². The maximum absolute atomic E-state index is 12.3. The fraction of sp³-hybridized carbons (Fsp3) is 0.261. The Kier molecular flexibility index (Phi) is 6.91. The van der Waals surface area contributed by atoms with Crippen molar-refractivity contribution in [3.8, 4) is 11.5 Å². The first-order valence-electron chi connectivity index (χ1n) is 10.00. The lowest BCUT2D eigenvalue weighted by Crippen LogP contribution is -2.07. The van der Waals surface area contributed by atoms with Crippen LogP contribution in [0, 0.1) is 0 Å². The third-order valence-electron chi connectivity index (χ3n) is 4.73. The average molecular weight is 438 g/mol. The zero-order valence-corrected chi connectivity index (χ0v) is 17.9. The van der Waals surface area contributed by atoms with Gasteiger partial charge in [-0.2, -0.15) is 0 Å². The monoisotopic (exact) mass is 437 g/mol. The van der Waals surface area contributed by atoms with Crippen LogP contribution in [0.2, 0.25) is 0 Å². The van der Waals surface area contributed by atoms with E-state index in [4.69, 9.17) is 14.2 Å². The van der Waals surface area contributed by atoms with Crippen molar-refractivity contribution < 1.29 is 19.0 Å². The topological polar surface area (TPSA) is 82.6 Å². The van der Waals surface area contributed by atoms with Gasteiger partial charge in [-0.3, -0.25) is 10.1 Å². The van der Waals surface area contributed by atoms with E-state index in [0.29, 0.717) is 23.2 Å². The van der Waals surface area contributed by atoms with Crippen molar-refractivity contribution in [3.63, 3.8) is 0 Å². The van der Waals surface area contributed by atoms with Crippen molar-refractivity contribution in [3.05, 3.63) is 70.7 Å². The van der Waals surface area contributed by atoms with Crippen LogP contribution < -0.4 is 14.8 Å². The van der Waals surface area contributed by atoms with Crippen LogP contribution in [-0.2, 0) is 16.1 Å². The summed E-state index contributed by atoms with van der Waals surface area (Å²) in [5.41, 5.74) is 1.89. The summed E-state index contributed by atoms with van der Waals surface area (Å²) in [6, 6.07) is 15.4. The van der Waals surface area contributed by atoms with E-state index in [1.54, 1.807) is 13.2 Å². The first-order chi connectivity index (χ1) is 15.2. The molecule has 0 bridgehead atoms. The van der Waals surface area contributed by atoms with E-state index in [0.717, 1.165) is 35.6 Å². The quantitative estimate of drug-likeness (QED) is 0.518. The summed E-state index contributed by atoms with van der Waals surface area (Å²) in [6.45, 7) is 1.19. The second-order valence-corrected chi connectivity index (χ2v) is 7.96. The molecule has 1 amide bonds. The number of carbonyl (C=O) groups excluding carboxylic acids is 1. The summed E-state index contributed by atoms with van der Waals surface area (Å²) >= 11 is 1.34. The van der Waals surface area contributed by atoms with Gasteiger partial charge in [-0.25, -0.2) is 0 Å². The van der Waals surface area contributed by atoms with Gasteiger partial charge in [0.2, 0.25) is 11.0 Å². The molecule has 31 heavy (non-hydrogen) atoms. The molecule has 3 aromatic rings. The number of nitrogens with one attached hydrogen (secondary N) is 1. The molecule has 1 N–H and O–H groups in total. The molecule has 1 fully saturated rings. The maximum atomic E-state index is 12.3. The number of rotatable bonds is 8. The fourth-order valence-electron chi connectivity index (χ4n) is 3.15. The van der Waals surface area contributed by atoms with Crippen molar-refractivity contribution in [1.29, 1.82) is 0 Å². The fourth-order valence-corrected chi connectivity index (χ4v) is 3.98. The zero-order chi connectivity index (χ0) is 21.5. The summed E-state index contributed by atoms with van der Waals surface area (Å²) in [4.78, 5) is 12.3. The minimum atomic E-state index is -0.279. The van der Waals surface area contributed by atoms with Crippen LogP contribution in [0.25, 0.3) is 6.08 Å². The number of anilines is 1. The van der Waals surface area contributed by atoms with Crippen LogP contribution in [0.3, 0.4) is 0 Å². The molecule has 4 rings (SSSR count). The smallest absolute Gasteiger partial charge is 0.250 e. The minimum absolute atomic E-state index is 0.00576. The molecule has 2 heterocycles. The highest BCUT2D eigenvalue weighted by atomic mass is 32.1. The third kappa shape index (κ3) is 5.68. The van der Waals surface area contributed by atoms with E-state index in [2.05, 4.69) is 15.5 Å². The third-order valence-corrected chi connectivity index (χ3v) is 5.66. The van der Waals surface area contributed by atoms with Crippen LogP contribution >= 0.6 is 11.3 Å². The average Bonchev–Trinajstić information content (AvgIpc) is 3.49. The van der Waals surface area contributed by atoms with Crippen molar-refractivity contribution in [1.82, 2.24) is 10.2 Å². The second kappa shape index (κ2) is 10.2. The van der Waals surface area contributed by atoms with Crippen LogP contribution in [0.5, 0.6) is 11.5 Å². The van der Waals surface area contributed by atoms with Crippen LogP contribution in [-0.4, -0.2) is 29.8 Å². The molecule has 2 aromatic carbocycles. The SMILES string of the molecule is COc1cc(/C=C/C(=O)Nc2nnc([C@@H]3CCCO3)s2)ccc1OCc1ccccc1. The summed E-state index contributed by atoms with van der Waals surface area (Å²) < 4.78 is 16.9. The van der Waals surface area contributed by atoms with E-state index >= 15 is 0 Å². The summed E-state index contributed by atoms with van der Waals surface area (Å²) in [5, 5.41) is 12.1. The summed E-state index contributed by atoms with van der Waals surface area (Å²) in [5.74, 6) is 0.964. The molecule has 8 heteroatoms. The second-order valence-electron chi connectivity index (χ2n) is 6.95. The van der Waals surface area contributed by atoms with Crippen LogP contribution in [0.1, 0.15) is 35.1 Å². The molecule has 1 aromatic heterocycles. The van der Waals surface area contributed by atoms with Crippen molar-refractivity contribution in [2.75, 3.05) is 19.0 Å². The molecular formula is C23H23N3O4S. The van der Waals surface area contributed by atoms with Crippen LogP contribution in [0.4, 0.5) is 5.13 Å². The minimum Gasteiger partial charge on any atom is -0.493 e. The summed E-state index contributed by atoms with van der Waals surface area (Å²) in [7, 11) is 1.59. The van der Waals surface area contributed by atoms with Gasteiger partial charge in [0.15, 0.2) is 11.5 Å². The lowest BCUT2D eigenvalue weighted by Gasteiger charge is -2.11. The van der Waals surface area contributed by atoms with Crippen LogP contribution in [0.15, 0.2) is 54.6 Å². The Morgan fingerprint density at radius 1 is 1.23 bits per heavy atom. The number of ether oxygens (including phenoxy) is 3. The van der Waals surface area contributed by atoms with Gasteiger partial charge in [0.1, 0.15) is 17.7 Å². The van der Waals surface area contributed by atoms with Gasteiger partial charge >= 0.3 is 0 Å². The predicted molar refractivity (Wildman–Crippen MR) is 119 cm³/mol. The Morgan fingerprint density at radius 2 is 2.10 bits per heavy atom. The zero-order valence-electron chi connectivity index (χ0n) is 17.1. The number of benzene rings is 2. The Morgan fingerprint density at radius 3 is 2.87 bits per heavy atom. The highest BCUT2D eigenvalue weighted by molar-refractivity contribution is 7.15. The number of aromatic nitrogens is 2. The Bertz CT molecular complexity index is 1050. The first-order valence-corrected chi connectivity index (χ1v) is 10.8. The highest BCUT2D eigenvalue weighted by Gasteiger charge is 2.22. The number of amides is 1. The van der Waals surface area contributed by atoms with Gasteiger partial charge < -0.3 is 14.2 Å². The van der Waals surface area contributed by atoms with E-state index in [-0.39, 0.29) is 12.0 Å². The van der Waals surface area contributed by atoms with Gasteiger partial charge in [-0.05, 0) is 42.2 Å². The van der Waals surface area contributed by atoms with E-state index in [1.165, 1.54) is 17.4 Å². The van der Waals surface area contributed by atoms with Gasteiger partial charge in [0.05, 0.1) is 7.11 Å². The first kappa shape index (κ1) is 21.0. The van der Waals surface area contributed by atoms with Crippen molar-refractivity contribution in [2.24, 2.45) is 0 Å². The van der Waals surface area contributed by atoms with Crippen molar-refractivity contribution in [2.45, 2.75) is 25.6 Å². The molecule has 1 aliphatic rings. The Balaban J connectivity index is 1.35. The maximum Gasteiger partial charge on any atom is 0.250 e. The van der Waals surface area contributed by atoms with Gasteiger partial charge in [-0.1, -0.05) is 47.7 Å².